The second-order valence-electron chi connectivity index (χ2n) is 5.71. The standard InChI is InChI=1S/C19H13NO4S/c1-20-12-8-4-2-6-10(12)14(16(20)18(21)22)15-11-7-3-5-9-13(11)25-17(15)19(23)24/h2-9H,1H3,(H,21,22)(H,23,24). The number of thiophene rings is 1. The molecule has 0 saturated carbocycles. The molecule has 25 heavy (non-hydrogen) atoms. The fourth-order valence-corrected chi connectivity index (χ4v) is 4.39. The quantitative estimate of drug-likeness (QED) is 0.571. The van der Waals surface area contributed by atoms with E-state index in [1.165, 1.54) is 0 Å². The molecule has 6 heteroatoms. The molecule has 2 heterocycles. The van der Waals surface area contributed by atoms with Crippen LogP contribution in [0.4, 0.5) is 0 Å². The molecule has 0 radical (unpaired) electrons. The molecule has 0 unspecified atom stereocenters. The van der Waals surface area contributed by atoms with Crippen LogP contribution in [0.3, 0.4) is 0 Å². The van der Waals surface area contributed by atoms with Crippen molar-refractivity contribution in [2.75, 3.05) is 0 Å². The maximum atomic E-state index is 12.0. The van der Waals surface area contributed by atoms with Crippen molar-refractivity contribution in [3.8, 4) is 11.1 Å². The van der Waals surface area contributed by atoms with E-state index in [1.807, 2.05) is 48.5 Å². The van der Waals surface area contributed by atoms with Gasteiger partial charge in [0.25, 0.3) is 0 Å². The monoisotopic (exact) mass is 351 g/mol. The van der Waals surface area contributed by atoms with E-state index in [1.54, 1.807) is 11.6 Å². The predicted molar refractivity (Wildman–Crippen MR) is 97.7 cm³/mol. The Morgan fingerprint density at radius 1 is 0.880 bits per heavy atom. The van der Waals surface area contributed by atoms with E-state index < -0.39 is 11.9 Å². The first-order valence-electron chi connectivity index (χ1n) is 7.56. The van der Waals surface area contributed by atoms with Crippen LogP contribution < -0.4 is 0 Å². The van der Waals surface area contributed by atoms with Gasteiger partial charge in [0, 0.05) is 39.2 Å². The summed E-state index contributed by atoms with van der Waals surface area (Å²) in [5.41, 5.74) is 1.77. The lowest BCUT2D eigenvalue weighted by Gasteiger charge is -2.05. The summed E-state index contributed by atoms with van der Waals surface area (Å²) in [6.45, 7) is 0. The van der Waals surface area contributed by atoms with Crippen LogP contribution in [-0.4, -0.2) is 26.7 Å². The summed E-state index contributed by atoms with van der Waals surface area (Å²) in [4.78, 5) is 24.0. The molecule has 0 aliphatic heterocycles. The first-order valence-corrected chi connectivity index (χ1v) is 8.38. The Bertz CT molecular complexity index is 1170. The zero-order valence-electron chi connectivity index (χ0n) is 13.2. The third kappa shape index (κ3) is 2.15. The number of carboxylic acid groups (broad SMARTS) is 2. The number of hydrogen-bond acceptors (Lipinski definition) is 3. The zero-order valence-corrected chi connectivity index (χ0v) is 14.0. The van der Waals surface area contributed by atoms with Crippen LogP contribution >= 0.6 is 11.3 Å². The molecule has 0 spiro atoms. The molecule has 0 aliphatic carbocycles. The van der Waals surface area contributed by atoms with Gasteiger partial charge in [-0.05, 0) is 12.1 Å². The highest BCUT2D eigenvalue weighted by atomic mass is 32.1. The normalized spacial score (nSPS) is 11.2. The summed E-state index contributed by atoms with van der Waals surface area (Å²) in [5, 5.41) is 21.0. The zero-order chi connectivity index (χ0) is 17.7. The summed E-state index contributed by atoms with van der Waals surface area (Å²) in [7, 11) is 1.68. The number of carboxylic acids is 2. The lowest BCUT2D eigenvalue weighted by molar-refractivity contribution is 0.0680. The number of carbonyl (C=O) groups is 2. The van der Waals surface area contributed by atoms with Crippen LogP contribution in [0.25, 0.3) is 32.1 Å². The summed E-state index contributed by atoms with van der Waals surface area (Å²) in [5.74, 6) is -2.14. The number of aromatic nitrogens is 1. The van der Waals surface area contributed by atoms with E-state index in [-0.39, 0.29) is 10.6 Å². The van der Waals surface area contributed by atoms with Crippen LogP contribution in [0.5, 0.6) is 0 Å². The molecule has 5 nitrogen and oxygen atoms in total. The number of rotatable bonds is 3. The average molecular weight is 351 g/mol. The van der Waals surface area contributed by atoms with Crippen molar-refractivity contribution < 1.29 is 19.8 Å². The highest BCUT2D eigenvalue weighted by Crippen LogP contribution is 2.44. The minimum Gasteiger partial charge on any atom is -0.477 e. The number of hydrogen-bond donors (Lipinski definition) is 2. The second-order valence-corrected chi connectivity index (χ2v) is 6.76. The van der Waals surface area contributed by atoms with Gasteiger partial charge in [0.15, 0.2) is 0 Å². The minimum absolute atomic E-state index is 0.0900. The van der Waals surface area contributed by atoms with Gasteiger partial charge in [-0.15, -0.1) is 11.3 Å². The smallest absolute Gasteiger partial charge is 0.353 e. The first kappa shape index (κ1) is 15.4. The van der Waals surface area contributed by atoms with Gasteiger partial charge in [-0.2, -0.15) is 0 Å². The Hall–Kier alpha value is -3.12. The molecule has 4 aromatic rings. The van der Waals surface area contributed by atoms with Crippen LogP contribution in [0.2, 0.25) is 0 Å². The summed E-state index contributed by atoms with van der Waals surface area (Å²) >= 11 is 1.16. The van der Waals surface area contributed by atoms with Crippen LogP contribution in [-0.2, 0) is 7.05 Å². The number of fused-ring (bicyclic) bond motifs is 2. The highest BCUT2D eigenvalue weighted by Gasteiger charge is 2.28. The Labute approximate surface area is 146 Å². The highest BCUT2D eigenvalue weighted by molar-refractivity contribution is 7.21. The van der Waals surface area contributed by atoms with E-state index in [0.29, 0.717) is 11.1 Å². The molecule has 0 aliphatic rings. The molecule has 124 valence electrons. The number of aromatic carboxylic acids is 2. The number of benzene rings is 2. The molecular weight excluding hydrogens is 338 g/mol. The number of para-hydroxylation sites is 1. The third-order valence-electron chi connectivity index (χ3n) is 4.35. The van der Waals surface area contributed by atoms with E-state index >= 15 is 0 Å². The lowest BCUT2D eigenvalue weighted by Crippen LogP contribution is -2.06. The molecule has 2 N–H and O–H groups in total. The van der Waals surface area contributed by atoms with Crippen molar-refractivity contribution in [2.24, 2.45) is 7.05 Å². The van der Waals surface area contributed by atoms with Gasteiger partial charge in [-0.3, -0.25) is 0 Å². The summed E-state index contributed by atoms with van der Waals surface area (Å²) < 4.78 is 2.42. The molecule has 0 bridgehead atoms. The fourth-order valence-electron chi connectivity index (χ4n) is 3.34. The molecular formula is C19H13NO4S. The topological polar surface area (TPSA) is 79.5 Å². The summed E-state index contributed by atoms with van der Waals surface area (Å²) in [6, 6.07) is 14.7. The molecule has 0 fully saturated rings. The van der Waals surface area contributed by atoms with Crippen molar-refractivity contribution in [1.29, 1.82) is 0 Å². The van der Waals surface area contributed by atoms with Gasteiger partial charge < -0.3 is 14.8 Å². The van der Waals surface area contributed by atoms with E-state index in [2.05, 4.69) is 0 Å². The minimum atomic E-state index is -1.08. The predicted octanol–water partition coefficient (Wildman–Crippen LogP) is 4.46. The number of nitrogens with zero attached hydrogens (tertiary/aromatic N) is 1. The molecule has 0 amide bonds. The van der Waals surface area contributed by atoms with Crippen molar-refractivity contribution in [1.82, 2.24) is 4.57 Å². The first-order chi connectivity index (χ1) is 12.0. The van der Waals surface area contributed by atoms with Crippen LogP contribution in [0, 0.1) is 0 Å². The Morgan fingerprint density at radius 3 is 2.20 bits per heavy atom. The van der Waals surface area contributed by atoms with Gasteiger partial charge in [0.05, 0.1) is 0 Å². The molecule has 0 atom stereocenters. The fraction of sp³-hybridized carbons (Fsp3) is 0.0526. The number of aryl methyl sites for hydroxylation is 1. The second kappa shape index (κ2) is 5.46. The van der Waals surface area contributed by atoms with Gasteiger partial charge >= 0.3 is 11.9 Å². The Balaban J connectivity index is 2.25. The van der Waals surface area contributed by atoms with Gasteiger partial charge in [0.2, 0.25) is 0 Å². The van der Waals surface area contributed by atoms with E-state index in [9.17, 15) is 19.8 Å². The molecule has 4 rings (SSSR count). The van der Waals surface area contributed by atoms with Crippen LogP contribution in [0.1, 0.15) is 20.2 Å². The lowest BCUT2D eigenvalue weighted by atomic mass is 9.98. The van der Waals surface area contributed by atoms with Gasteiger partial charge in [-0.1, -0.05) is 36.4 Å². The SMILES string of the molecule is Cn1c(C(=O)O)c(-c2c(C(=O)O)sc3ccccc23)c2ccccc21. The largest absolute Gasteiger partial charge is 0.477 e. The maximum Gasteiger partial charge on any atom is 0.353 e. The van der Waals surface area contributed by atoms with Crippen molar-refractivity contribution >= 4 is 44.3 Å². The Kier molecular flexibility index (Phi) is 3.36. The third-order valence-corrected chi connectivity index (χ3v) is 5.51. The van der Waals surface area contributed by atoms with Crippen LogP contribution in [0.15, 0.2) is 48.5 Å². The van der Waals surface area contributed by atoms with E-state index in [4.69, 9.17) is 0 Å². The maximum absolute atomic E-state index is 12.0. The Morgan fingerprint density at radius 2 is 1.52 bits per heavy atom. The average Bonchev–Trinajstić information content (AvgIpc) is 3.11. The van der Waals surface area contributed by atoms with Crippen molar-refractivity contribution in [3.05, 3.63) is 59.1 Å². The van der Waals surface area contributed by atoms with E-state index in [0.717, 1.165) is 32.3 Å². The summed E-state index contributed by atoms with van der Waals surface area (Å²) in [6.07, 6.45) is 0. The van der Waals surface area contributed by atoms with Crippen molar-refractivity contribution in [3.63, 3.8) is 0 Å². The van der Waals surface area contributed by atoms with Gasteiger partial charge in [0.1, 0.15) is 10.6 Å². The molecule has 0 saturated heterocycles. The van der Waals surface area contributed by atoms with Gasteiger partial charge in [-0.25, -0.2) is 9.59 Å². The van der Waals surface area contributed by atoms with Crippen molar-refractivity contribution in [2.45, 2.75) is 0 Å². The molecule has 2 aromatic heterocycles. The molecule has 2 aromatic carbocycles.